The maximum absolute atomic E-state index is 12.7. The number of esters is 2. The fourth-order valence-electron chi connectivity index (χ4n) is 5.41. The van der Waals surface area contributed by atoms with E-state index in [9.17, 15) is 19.5 Å². The fraction of sp³-hybridized carbons (Fsp3) is 0.596. The summed E-state index contributed by atoms with van der Waals surface area (Å²) in [4.78, 5) is 36.9. The van der Waals surface area contributed by atoms with Crippen LogP contribution in [0, 0.1) is 0 Å². The molecular formula is C47H76NO7+. The minimum atomic E-state index is -0.888. The highest BCUT2D eigenvalue weighted by molar-refractivity contribution is 5.72. The van der Waals surface area contributed by atoms with Crippen LogP contribution in [0.5, 0.6) is 0 Å². The van der Waals surface area contributed by atoms with E-state index >= 15 is 0 Å². The third-order valence-electron chi connectivity index (χ3n) is 8.64. The van der Waals surface area contributed by atoms with E-state index in [1.54, 1.807) is 0 Å². The number of nitrogens with zero attached hydrogens (tertiary/aromatic N) is 1. The number of carbonyl (C=O) groups is 3. The van der Waals surface area contributed by atoms with Gasteiger partial charge in [-0.15, -0.1) is 0 Å². The third-order valence-corrected chi connectivity index (χ3v) is 8.64. The van der Waals surface area contributed by atoms with Crippen molar-refractivity contribution in [1.29, 1.82) is 0 Å². The van der Waals surface area contributed by atoms with Crippen LogP contribution in [0.2, 0.25) is 0 Å². The zero-order valence-corrected chi connectivity index (χ0v) is 35.1. The lowest BCUT2D eigenvalue weighted by Gasteiger charge is -2.31. The summed E-state index contributed by atoms with van der Waals surface area (Å²) in [6.07, 6.45) is 48.7. The molecule has 0 radical (unpaired) electrons. The van der Waals surface area contributed by atoms with Crippen LogP contribution in [0.3, 0.4) is 0 Å². The predicted molar refractivity (Wildman–Crippen MR) is 229 cm³/mol. The van der Waals surface area contributed by atoms with E-state index in [-0.39, 0.29) is 36.2 Å². The number of hydrogen-bond acceptors (Lipinski definition) is 6. The van der Waals surface area contributed by atoms with Gasteiger partial charge in [0.2, 0.25) is 0 Å². The first-order valence-corrected chi connectivity index (χ1v) is 20.9. The zero-order valence-electron chi connectivity index (χ0n) is 35.1. The molecule has 55 heavy (non-hydrogen) atoms. The van der Waals surface area contributed by atoms with Crippen molar-refractivity contribution in [2.75, 3.05) is 41.0 Å². The Morgan fingerprint density at radius 2 is 1.02 bits per heavy atom. The Bertz CT molecular complexity index is 1220. The Morgan fingerprint density at radius 1 is 0.564 bits per heavy atom. The molecule has 2 unspecified atom stereocenters. The molecule has 0 aliphatic carbocycles. The maximum atomic E-state index is 12.7. The van der Waals surface area contributed by atoms with Gasteiger partial charge in [0.1, 0.15) is 6.61 Å². The quantitative estimate of drug-likeness (QED) is 0.0297. The van der Waals surface area contributed by atoms with Crippen LogP contribution in [0.1, 0.15) is 129 Å². The van der Waals surface area contributed by atoms with Gasteiger partial charge in [0.25, 0.3) is 0 Å². The van der Waals surface area contributed by atoms with Gasteiger partial charge in [0, 0.05) is 19.3 Å². The highest BCUT2D eigenvalue weighted by atomic mass is 16.6. The summed E-state index contributed by atoms with van der Waals surface area (Å²) in [5.74, 6) is -1.54. The van der Waals surface area contributed by atoms with Gasteiger partial charge in [-0.3, -0.25) is 9.59 Å². The van der Waals surface area contributed by atoms with Gasteiger partial charge in [-0.1, -0.05) is 156 Å². The van der Waals surface area contributed by atoms with E-state index in [2.05, 4.69) is 62.5 Å². The van der Waals surface area contributed by atoms with Crippen LogP contribution in [0.25, 0.3) is 0 Å². The van der Waals surface area contributed by atoms with Crippen molar-refractivity contribution in [3.05, 3.63) is 97.2 Å². The van der Waals surface area contributed by atoms with E-state index in [0.29, 0.717) is 19.3 Å². The van der Waals surface area contributed by atoms with Crippen molar-refractivity contribution in [3.63, 3.8) is 0 Å². The van der Waals surface area contributed by atoms with E-state index < -0.39 is 18.1 Å². The lowest BCUT2D eigenvalue weighted by atomic mass is 10.1. The first-order chi connectivity index (χ1) is 26.6. The van der Waals surface area contributed by atoms with Crippen molar-refractivity contribution in [2.24, 2.45) is 0 Å². The Morgan fingerprint density at radius 3 is 1.51 bits per heavy atom. The molecule has 0 bridgehead atoms. The molecule has 0 fully saturated rings. The van der Waals surface area contributed by atoms with Gasteiger partial charge in [0.15, 0.2) is 12.1 Å². The molecule has 0 heterocycles. The summed E-state index contributed by atoms with van der Waals surface area (Å²) < 4.78 is 17.2. The second-order valence-corrected chi connectivity index (χ2v) is 14.7. The van der Waals surface area contributed by atoms with Gasteiger partial charge in [-0.25, -0.2) is 4.79 Å². The molecule has 0 saturated carbocycles. The van der Waals surface area contributed by atoms with Crippen LogP contribution in [0.15, 0.2) is 97.2 Å². The largest absolute Gasteiger partial charge is 0.477 e. The molecule has 8 nitrogen and oxygen atoms in total. The Labute approximate surface area is 335 Å². The first-order valence-electron chi connectivity index (χ1n) is 20.9. The number of hydrogen-bond donors (Lipinski definition) is 1. The van der Waals surface area contributed by atoms with Crippen molar-refractivity contribution in [3.8, 4) is 0 Å². The molecule has 0 aromatic carbocycles. The highest BCUT2D eigenvalue weighted by Crippen LogP contribution is 2.12. The molecule has 0 saturated heterocycles. The van der Waals surface area contributed by atoms with Gasteiger partial charge in [0.05, 0.1) is 34.4 Å². The minimum Gasteiger partial charge on any atom is -0.477 e. The monoisotopic (exact) mass is 767 g/mol. The Balaban J connectivity index is 4.47. The summed E-state index contributed by atoms with van der Waals surface area (Å²) in [6.45, 7) is 4.43. The number of rotatable bonds is 35. The number of likely N-dealkylation sites (N-methyl/N-ethyl adjacent to an activating group) is 1. The van der Waals surface area contributed by atoms with Crippen LogP contribution in [-0.2, 0) is 28.6 Å². The second-order valence-electron chi connectivity index (χ2n) is 14.7. The summed E-state index contributed by atoms with van der Waals surface area (Å²) in [7, 11) is 5.49. The Hall–Kier alpha value is -3.75. The van der Waals surface area contributed by atoms with Crippen molar-refractivity contribution in [1.82, 2.24) is 0 Å². The lowest BCUT2D eigenvalue weighted by molar-refractivity contribution is -0.887. The van der Waals surface area contributed by atoms with Gasteiger partial charge >= 0.3 is 17.9 Å². The number of quaternary nitrogens is 1. The van der Waals surface area contributed by atoms with Crippen molar-refractivity contribution >= 4 is 17.9 Å². The number of carboxylic acids is 1. The molecule has 310 valence electrons. The molecule has 0 aromatic heterocycles. The predicted octanol–water partition coefficient (Wildman–Crippen LogP) is 11.1. The van der Waals surface area contributed by atoms with Crippen LogP contribution in [0.4, 0.5) is 0 Å². The normalized spacial score (nSPS) is 14.0. The third kappa shape index (κ3) is 35.7. The average molecular weight is 767 g/mol. The molecule has 0 spiro atoms. The molecule has 8 heteroatoms. The molecular weight excluding hydrogens is 691 g/mol. The molecule has 2 atom stereocenters. The topological polar surface area (TPSA) is 99.1 Å². The number of ether oxygens (including phenoxy) is 3. The molecule has 0 aliphatic rings. The lowest BCUT2D eigenvalue weighted by Crippen LogP contribution is -2.50. The maximum Gasteiger partial charge on any atom is 0.362 e. The highest BCUT2D eigenvalue weighted by Gasteiger charge is 2.31. The second kappa shape index (κ2) is 37.2. The average Bonchev–Trinajstić information content (AvgIpc) is 3.14. The fourth-order valence-corrected chi connectivity index (χ4v) is 5.41. The van der Waals surface area contributed by atoms with Crippen LogP contribution < -0.4 is 0 Å². The van der Waals surface area contributed by atoms with Crippen LogP contribution >= 0.6 is 0 Å². The molecule has 0 rings (SSSR count). The van der Waals surface area contributed by atoms with Gasteiger partial charge < -0.3 is 23.8 Å². The van der Waals surface area contributed by atoms with E-state index in [0.717, 1.165) is 89.9 Å². The van der Waals surface area contributed by atoms with E-state index in [4.69, 9.17) is 14.2 Å². The molecule has 0 amide bonds. The standard InChI is InChI=1S/C47H75NO7/c1-6-8-10-12-14-16-18-20-21-22-23-24-26-27-29-31-33-35-37-45(49)54-42-43(41-53-40-39-44(47(51)52)48(3,4)5)55-46(50)38-36-34-32-30-28-25-19-17-15-13-11-9-7-2/h9-24,43-44H,6-8,25-42H2,1-5H3/p+1/b11-9+,12-10+,15-13+,16-14+,19-17+,20-18+,22-21+,24-23+. The van der Waals surface area contributed by atoms with Gasteiger partial charge in [-0.05, 0) is 51.4 Å². The summed E-state index contributed by atoms with van der Waals surface area (Å²) in [5.41, 5.74) is 0. The molecule has 0 aliphatic heterocycles. The number of aliphatic carboxylic acids is 1. The number of carbonyl (C=O) groups excluding carboxylic acids is 2. The van der Waals surface area contributed by atoms with Crippen molar-refractivity contribution in [2.45, 2.75) is 142 Å². The minimum absolute atomic E-state index is 0.0371. The summed E-state index contributed by atoms with van der Waals surface area (Å²) in [5, 5.41) is 9.60. The molecule has 0 aromatic rings. The van der Waals surface area contributed by atoms with Gasteiger partial charge in [-0.2, -0.15) is 0 Å². The Kier molecular flexibility index (Phi) is 34.7. The van der Waals surface area contributed by atoms with E-state index in [1.165, 1.54) is 6.42 Å². The SMILES string of the molecule is CC/C=C/C=C/C=C/CCCCCCCC(=O)OC(COCCC(C(=O)O)[N+](C)(C)C)COC(=O)CCCCCCC/C=C/C=C/C=C/C=C/C=C/CCC. The molecule has 1 N–H and O–H groups in total. The number of unbranched alkanes of at least 4 members (excludes halogenated alkanes) is 11. The van der Waals surface area contributed by atoms with E-state index in [1.807, 2.05) is 69.8 Å². The summed E-state index contributed by atoms with van der Waals surface area (Å²) in [6, 6.07) is -0.628. The smallest absolute Gasteiger partial charge is 0.362 e. The summed E-state index contributed by atoms with van der Waals surface area (Å²) >= 11 is 0. The number of allylic oxidation sites excluding steroid dienone is 16. The number of carboxylic acid groups (broad SMARTS) is 1. The van der Waals surface area contributed by atoms with Crippen LogP contribution in [-0.4, -0.2) is 80.6 Å². The zero-order chi connectivity index (χ0) is 40.7. The first kappa shape index (κ1) is 51.2. The van der Waals surface area contributed by atoms with Crippen molar-refractivity contribution < 1.29 is 38.2 Å².